The number of carbonyl (C=O) groups excluding carboxylic acids is 1. The molecule has 0 atom stereocenters. The molecular formula is C21H34N4O2. The number of nitrogens with one attached hydrogen (secondary N) is 3. The highest BCUT2D eigenvalue weighted by molar-refractivity contribution is 5.80. The van der Waals surface area contributed by atoms with Gasteiger partial charge in [-0.05, 0) is 53.0 Å². The van der Waals surface area contributed by atoms with Crippen molar-refractivity contribution in [2.45, 2.75) is 71.6 Å². The first kappa shape index (κ1) is 21.1. The van der Waals surface area contributed by atoms with E-state index in [2.05, 4.69) is 20.9 Å². The van der Waals surface area contributed by atoms with E-state index in [0.717, 1.165) is 43.1 Å². The van der Waals surface area contributed by atoms with Crippen molar-refractivity contribution in [3.8, 4) is 5.75 Å². The van der Waals surface area contributed by atoms with Crippen molar-refractivity contribution >= 4 is 11.9 Å². The van der Waals surface area contributed by atoms with Crippen molar-refractivity contribution in [2.24, 2.45) is 4.99 Å². The maximum Gasteiger partial charge on any atom is 0.220 e. The Bertz CT molecular complexity index is 633. The number of benzene rings is 1. The predicted octanol–water partition coefficient (Wildman–Crippen LogP) is 2.98. The summed E-state index contributed by atoms with van der Waals surface area (Å²) in [6.45, 7) is 10.2. The van der Waals surface area contributed by atoms with Crippen molar-refractivity contribution in [1.82, 2.24) is 16.0 Å². The largest absolute Gasteiger partial charge is 0.488 e. The molecular weight excluding hydrogens is 340 g/mol. The second-order valence-electron chi connectivity index (χ2n) is 7.89. The second kappa shape index (κ2) is 10.2. The number of ether oxygens (including phenoxy) is 1. The van der Waals surface area contributed by atoms with Gasteiger partial charge in [0.25, 0.3) is 0 Å². The van der Waals surface area contributed by atoms with Crippen LogP contribution in [0.3, 0.4) is 0 Å². The van der Waals surface area contributed by atoms with E-state index in [1.807, 2.05) is 52.0 Å². The summed E-state index contributed by atoms with van der Waals surface area (Å²) in [4.78, 5) is 16.4. The summed E-state index contributed by atoms with van der Waals surface area (Å²) >= 11 is 0. The molecule has 1 aliphatic carbocycles. The Labute approximate surface area is 163 Å². The number of amides is 1. The summed E-state index contributed by atoms with van der Waals surface area (Å²) in [5.41, 5.74) is 0.803. The van der Waals surface area contributed by atoms with Gasteiger partial charge in [-0.3, -0.25) is 4.79 Å². The molecule has 3 N–H and O–H groups in total. The number of para-hydroxylation sites is 1. The van der Waals surface area contributed by atoms with E-state index in [9.17, 15) is 4.79 Å². The summed E-state index contributed by atoms with van der Waals surface area (Å²) in [5, 5.41) is 9.56. The molecule has 0 aromatic heterocycles. The SMILES string of the molecule is CCNC(=NCc1ccccc1OC(C)(C)C)NCCCC(=O)NC1CC1. The normalized spacial score (nSPS) is 14.6. The van der Waals surface area contributed by atoms with E-state index in [0.29, 0.717) is 25.6 Å². The van der Waals surface area contributed by atoms with Crippen molar-refractivity contribution in [3.05, 3.63) is 29.8 Å². The number of rotatable bonds is 9. The van der Waals surface area contributed by atoms with Crippen LogP contribution < -0.4 is 20.7 Å². The average Bonchev–Trinajstić information content (AvgIpc) is 3.40. The lowest BCUT2D eigenvalue weighted by atomic mass is 10.1. The van der Waals surface area contributed by atoms with Crippen LogP contribution in [-0.4, -0.2) is 36.6 Å². The fraction of sp³-hybridized carbons (Fsp3) is 0.619. The van der Waals surface area contributed by atoms with Gasteiger partial charge < -0.3 is 20.7 Å². The van der Waals surface area contributed by atoms with Gasteiger partial charge in [-0.2, -0.15) is 0 Å². The third kappa shape index (κ3) is 8.80. The van der Waals surface area contributed by atoms with Crippen molar-refractivity contribution in [1.29, 1.82) is 0 Å². The molecule has 0 spiro atoms. The number of hydrogen-bond donors (Lipinski definition) is 3. The number of hydrogen-bond acceptors (Lipinski definition) is 3. The Morgan fingerprint density at radius 1 is 1.22 bits per heavy atom. The van der Waals surface area contributed by atoms with Crippen molar-refractivity contribution < 1.29 is 9.53 Å². The van der Waals surface area contributed by atoms with Crippen molar-refractivity contribution in [2.75, 3.05) is 13.1 Å². The van der Waals surface area contributed by atoms with Gasteiger partial charge in [-0.15, -0.1) is 0 Å². The zero-order valence-electron chi connectivity index (χ0n) is 17.1. The highest BCUT2D eigenvalue weighted by atomic mass is 16.5. The predicted molar refractivity (Wildman–Crippen MR) is 110 cm³/mol. The van der Waals surface area contributed by atoms with Gasteiger partial charge in [0.2, 0.25) is 5.91 Å². The molecule has 0 bridgehead atoms. The number of guanidine groups is 1. The zero-order valence-corrected chi connectivity index (χ0v) is 17.1. The van der Waals surface area contributed by atoms with E-state index in [1.54, 1.807) is 0 Å². The van der Waals surface area contributed by atoms with E-state index in [1.165, 1.54) is 0 Å². The smallest absolute Gasteiger partial charge is 0.220 e. The van der Waals surface area contributed by atoms with Crippen LogP contribution in [0.15, 0.2) is 29.3 Å². The minimum atomic E-state index is -0.246. The minimum absolute atomic E-state index is 0.148. The fourth-order valence-corrected chi connectivity index (χ4v) is 2.55. The lowest BCUT2D eigenvalue weighted by Crippen LogP contribution is -2.38. The lowest BCUT2D eigenvalue weighted by Gasteiger charge is -2.23. The first-order valence-electron chi connectivity index (χ1n) is 9.96. The standard InChI is InChI=1S/C21H34N4O2/c1-5-22-20(23-14-8-11-19(26)25-17-12-13-17)24-15-16-9-6-7-10-18(16)27-21(2,3)4/h6-7,9-10,17H,5,8,11-15H2,1-4H3,(H,25,26)(H2,22,23,24). The molecule has 1 fully saturated rings. The highest BCUT2D eigenvalue weighted by Crippen LogP contribution is 2.23. The van der Waals surface area contributed by atoms with Crippen LogP contribution in [0.4, 0.5) is 0 Å². The minimum Gasteiger partial charge on any atom is -0.488 e. The molecule has 6 nitrogen and oxygen atoms in total. The molecule has 6 heteroatoms. The Kier molecular flexibility index (Phi) is 7.95. The van der Waals surface area contributed by atoms with Crippen LogP contribution in [0.1, 0.15) is 58.9 Å². The quantitative estimate of drug-likeness (QED) is 0.353. The molecule has 0 radical (unpaired) electrons. The topological polar surface area (TPSA) is 74.8 Å². The number of carbonyl (C=O) groups is 1. The molecule has 1 aromatic rings. The molecule has 0 heterocycles. The number of aliphatic imine (C=N–C) groups is 1. The van der Waals surface area contributed by atoms with E-state index < -0.39 is 0 Å². The van der Waals surface area contributed by atoms with Crippen LogP contribution in [0.5, 0.6) is 5.75 Å². The van der Waals surface area contributed by atoms with E-state index in [4.69, 9.17) is 4.74 Å². The van der Waals surface area contributed by atoms with Crippen LogP contribution in [0, 0.1) is 0 Å². The van der Waals surface area contributed by atoms with Gasteiger partial charge in [-0.25, -0.2) is 4.99 Å². The van der Waals surface area contributed by atoms with Gasteiger partial charge in [0, 0.05) is 31.1 Å². The Hall–Kier alpha value is -2.24. The summed E-state index contributed by atoms with van der Waals surface area (Å²) < 4.78 is 6.03. The molecule has 0 unspecified atom stereocenters. The molecule has 1 saturated carbocycles. The molecule has 0 saturated heterocycles. The maximum atomic E-state index is 11.7. The summed E-state index contributed by atoms with van der Waals surface area (Å²) in [6, 6.07) is 8.43. The van der Waals surface area contributed by atoms with Gasteiger partial charge in [0.1, 0.15) is 11.4 Å². The van der Waals surface area contributed by atoms with E-state index >= 15 is 0 Å². The van der Waals surface area contributed by atoms with Gasteiger partial charge in [0.15, 0.2) is 5.96 Å². The molecule has 0 aliphatic heterocycles. The Balaban J connectivity index is 1.84. The van der Waals surface area contributed by atoms with Crippen LogP contribution in [0.2, 0.25) is 0 Å². The Morgan fingerprint density at radius 2 is 1.96 bits per heavy atom. The Morgan fingerprint density at radius 3 is 2.63 bits per heavy atom. The molecule has 150 valence electrons. The van der Waals surface area contributed by atoms with Gasteiger partial charge in [0.05, 0.1) is 6.54 Å². The number of nitrogens with zero attached hydrogens (tertiary/aromatic N) is 1. The van der Waals surface area contributed by atoms with E-state index in [-0.39, 0.29) is 11.5 Å². The third-order valence-electron chi connectivity index (χ3n) is 3.96. The molecule has 1 amide bonds. The van der Waals surface area contributed by atoms with Gasteiger partial charge in [-0.1, -0.05) is 18.2 Å². The monoisotopic (exact) mass is 374 g/mol. The first-order valence-corrected chi connectivity index (χ1v) is 9.96. The van der Waals surface area contributed by atoms with Crippen LogP contribution in [0.25, 0.3) is 0 Å². The first-order chi connectivity index (χ1) is 12.9. The van der Waals surface area contributed by atoms with Gasteiger partial charge >= 0.3 is 0 Å². The summed E-state index contributed by atoms with van der Waals surface area (Å²) in [6.07, 6.45) is 3.58. The summed E-state index contributed by atoms with van der Waals surface area (Å²) in [5.74, 6) is 1.77. The molecule has 1 aliphatic rings. The second-order valence-corrected chi connectivity index (χ2v) is 7.89. The zero-order chi connectivity index (χ0) is 19.7. The average molecular weight is 375 g/mol. The lowest BCUT2D eigenvalue weighted by molar-refractivity contribution is -0.121. The third-order valence-corrected chi connectivity index (χ3v) is 3.96. The molecule has 2 rings (SSSR count). The maximum absolute atomic E-state index is 11.7. The molecule has 1 aromatic carbocycles. The summed E-state index contributed by atoms with van der Waals surface area (Å²) in [7, 11) is 0. The van der Waals surface area contributed by atoms with Crippen LogP contribution >= 0.6 is 0 Å². The van der Waals surface area contributed by atoms with Crippen LogP contribution in [-0.2, 0) is 11.3 Å². The fourth-order valence-electron chi connectivity index (χ4n) is 2.55. The highest BCUT2D eigenvalue weighted by Gasteiger charge is 2.22. The van der Waals surface area contributed by atoms with Crippen molar-refractivity contribution in [3.63, 3.8) is 0 Å². The molecule has 27 heavy (non-hydrogen) atoms.